The van der Waals surface area contributed by atoms with Gasteiger partial charge in [0.15, 0.2) is 23.0 Å². The summed E-state index contributed by atoms with van der Waals surface area (Å²) in [5.41, 5.74) is 0.513. The van der Waals surface area contributed by atoms with Gasteiger partial charge >= 0.3 is 5.97 Å². The molecule has 0 amide bonds. The van der Waals surface area contributed by atoms with Gasteiger partial charge in [-0.1, -0.05) is 12.1 Å². The van der Waals surface area contributed by atoms with Crippen molar-refractivity contribution >= 4 is 11.6 Å². The Balaban J connectivity index is 1.85. The highest BCUT2D eigenvalue weighted by atomic mass is 19.1. The van der Waals surface area contributed by atoms with Crippen molar-refractivity contribution in [1.29, 1.82) is 0 Å². The zero-order chi connectivity index (χ0) is 14.8. The molecule has 0 fully saturated rings. The third-order valence-electron chi connectivity index (χ3n) is 2.92. The Morgan fingerprint density at radius 2 is 2.10 bits per heavy atom. The van der Waals surface area contributed by atoms with Gasteiger partial charge in [-0.25, -0.2) is 9.18 Å². The van der Waals surface area contributed by atoms with Crippen molar-refractivity contribution in [1.82, 2.24) is 14.6 Å². The summed E-state index contributed by atoms with van der Waals surface area (Å²) in [6, 6.07) is 8.90. The number of aromatic nitrogens is 3. The molecule has 2 heterocycles. The molecular formula is C14H10FN3O3. The van der Waals surface area contributed by atoms with Crippen LogP contribution in [0.3, 0.4) is 0 Å². The van der Waals surface area contributed by atoms with E-state index < -0.39 is 11.8 Å². The molecule has 21 heavy (non-hydrogen) atoms. The fraction of sp³-hybridized carbons (Fsp3) is 0.0714. The SMILES string of the molecule is O=C(O)c1ccn2c(COc3ccccc3F)nnc2c1. The number of carboxylic acids is 1. The minimum Gasteiger partial charge on any atom is -0.483 e. The average Bonchev–Trinajstić information content (AvgIpc) is 2.88. The Hall–Kier alpha value is -2.96. The molecule has 0 atom stereocenters. The van der Waals surface area contributed by atoms with Crippen LogP contribution in [0.5, 0.6) is 5.75 Å². The van der Waals surface area contributed by atoms with E-state index >= 15 is 0 Å². The first kappa shape index (κ1) is 13.0. The predicted molar refractivity (Wildman–Crippen MR) is 70.7 cm³/mol. The van der Waals surface area contributed by atoms with E-state index in [0.29, 0.717) is 11.5 Å². The Morgan fingerprint density at radius 3 is 2.86 bits per heavy atom. The molecule has 3 rings (SSSR count). The Labute approximate surface area is 118 Å². The first-order chi connectivity index (χ1) is 10.1. The first-order valence-corrected chi connectivity index (χ1v) is 6.09. The second kappa shape index (κ2) is 5.20. The molecule has 0 bridgehead atoms. The molecule has 0 saturated heterocycles. The van der Waals surface area contributed by atoms with E-state index in [-0.39, 0.29) is 17.9 Å². The van der Waals surface area contributed by atoms with E-state index in [9.17, 15) is 9.18 Å². The van der Waals surface area contributed by atoms with Crippen LogP contribution in [-0.4, -0.2) is 25.7 Å². The van der Waals surface area contributed by atoms with E-state index in [1.165, 1.54) is 24.3 Å². The Bertz CT molecular complexity index is 816. The van der Waals surface area contributed by atoms with E-state index in [1.807, 2.05) is 0 Å². The van der Waals surface area contributed by atoms with Crippen molar-refractivity contribution < 1.29 is 19.0 Å². The minimum absolute atomic E-state index is 0.0223. The van der Waals surface area contributed by atoms with Gasteiger partial charge in [-0.2, -0.15) is 0 Å². The van der Waals surface area contributed by atoms with Gasteiger partial charge in [0, 0.05) is 6.20 Å². The second-order valence-corrected chi connectivity index (χ2v) is 4.28. The number of pyridine rings is 1. The molecule has 1 N–H and O–H groups in total. The number of ether oxygens (including phenoxy) is 1. The average molecular weight is 287 g/mol. The van der Waals surface area contributed by atoms with Crippen LogP contribution in [0, 0.1) is 5.82 Å². The van der Waals surface area contributed by atoms with Crippen molar-refractivity contribution in [3.63, 3.8) is 0 Å². The molecule has 1 aromatic carbocycles. The summed E-state index contributed by atoms with van der Waals surface area (Å²) in [4.78, 5) is 10.9. The Kier molecular flexibility index (Phi) is 3.23. The van der Waals surface area contributed by atoms with Crippen LogP contribution in [0.1, 0.15) is 16.2 Å². The van der Waals surface area contributed by atoms with Crippen LogP contribution in [0.15, 0.2) is 42.6 Å². The number of rotatable bonds is 4. The summed E-state index contributed by atoms with van der Waals surface area (Å²) in [6.45, 7) is 0.0223. The fourth-order valence-electron chi connectivity index (χ4n) is 1.88. The minimum atomic E-state index is -1.04. The van der Waals surface area contributed by atoms with Crippen LogP contribution in [0.25, 0.3) is 5.65 Å². The standard InChI is InChI=1S/C14H10FN3O3/c15-10-3-1-2-4-11(10)21-8-13-17-16-12-7-9(14(19)20)5-6-18(12)13/h1-7H,8H2,(H,19,20). The van der Waals surface area contributed by atoms with E-state index in [4.69, 9.17) is 9.84 Å². The summed E-state index contributed by atoms with van der Waals surface area (Å²) in [6.07, 6.45) is 1.54. The lowest BCUT2D eigenvalue weighted by atomic mass is 10.3. The second-order valence-electron chi connectivity index (χ2n) is 4.28. The lowest BCUT2D eigenvalue weighted by Crippen LogP contribution is -2.03. The van der Waals surface area contributed by atoms with E-state index in [1.54, 1.807) is 22.7 Å². The third-order valence-corrected chi connectivity index (χ3v) is 2.92. The number of carbonyl (C=O) groups is 1. The zero-order valence-electron chi connectivity index (χ0n) is 10.7. The van der Waals surface area contributed by atoms with Gasteiger partial charge in [0.05, 0.1) is 5.56 Å². The van der Waals surface area contributed by atoms with Gasteiger partial charge in [0.25, 0.3) is 0 Å². The largest absolute Gasteiger partial charge is 0.483 e. The molecule has 0 spiro atoms. The van der Waals surface area contributed by atoms with E-state index in [0.717, 1.165) is 0 Å². The maximum absolute atomic E-state index is 13.4. The summed E-state index contributed by atoms with van der Waals surface area (Å²) in [5.74, 6) is -0.925. The number of halogens is 1. The predicted octanol–water partition coefficient (Wildman–Crippen LogP) is 2.15. The van der Waals surface area contributed by atoms with Crippen LogP contribution >= 0.6 is 0 Å². The number of fused-ring (bicyclic) bond motifs is 1. The van der Waals surface area contributed by atoms with Gasteiger partial charge in [-0.15, -0.1) is 10.2 Å². The highest BCUT2D eigenvalue weighted by Gasteiger charge is 2.10. The fourth-order valence-corrected chi connectivity index (χ4v) is 1.88. The third kappa shape index (κ3) is 2.53. The first-order valence-electron chi connectivity index (χ1n) is 6.09. The van der Waals surface area contributed by atoms with Gasteiger partial charge in [0.2, 0.25) is 0 Å². The maximum atomic E-state index is 13.4. The Morgan fingerprint density at radius 1 is 1.29 bits per heavy atom. The molecule has 0 saturated carbocycles. The van der Waals surface area contributed by atoms with Gasteiger partial charge in [0.1, 0.15) is 6.61 Å². The quantitative estimate of drug-likeness (QED) is 0.795. The molecule has 0 radical (unpaired) electrons. The number of carboxylic acid groups (broad SMARTS) is 1. The number of nitrogens with zero attached hydrogens (tertiary/aromatic N) is 3. The van der Waals surface area contributed by atoms with Gasteiger partial charge < -0.3 is 9.84 Å². The van der Waals surface area contributed by atoms with E-state index in [2.05, 4.69) is 10.2 Å². The smallest absolute Gasteiger partial charge is 0.335 e. The lowest BCUT2D eigenvalue weighted by Gasteiger charge is -2.05. The maximum Gasteiger partial charge on any atom is 0.335 e. The molecular weight excluding hydrogens is 277 g/mol. The summed E-state index contributed by atoms with van der Waals surface area (Å²) in [5, 5.41) is 16.7. The molecule has 0 unspecified atom stereocenters. The van der Waals surface area contributed by atoms with Crippen molar-refractivity contribution in [3.8, 4) is 5.75 Å². The van der Waals surface area contributed by atoms with Crippen molar-refractivity contribution in [2.45, 2.75) is 6.61 Å². The molecule has 6 nitrogen and oxygen atoms in total. The molecule has 3 aromatic rings. The normalized spacial score (nSPS) is 10.7. The lowest BCUT2D eigenvalue weighted by molar-refractivity contribution is 0.0697. The summed E-state index contributed by atoms with van der Waals surface area (Å²) >= 11 is 0. The number of para-hydroxylation sites is 1. The van der Waals surface area contributed by atoms with Crippen LogP contribution < -0.4 is 4.74 Å². The molecule has 2 aromatic heterocycles. The zero-order valence-corrected chi connectivity index (χ0v) is 10.7. The van der Waals surface area contributed by atoms with Crippen LogP contribution in [0.4, 0.5) is 4.39 Å². The van der Waals surface area contributed by atoms with Crippen molar-refractivity contribution in [3.05, 3.63) is 59.8 Å². The molecule has 0 aliphatic rings. The van der Waals surface area contributed by atoms with Gasteiger partial charge in [-0.3, -0.25) is 4.40 Å². The molecule has 0 aliphatic heterocycles. The number of benzene rings is 1. The number of aromatic carboxylic acids is 1. The topological polar surface area (TPSA) is 76.7 Å². The summed E-state index contributed by atoms with van der Waals surface area (Å²) < 4.78 is 20.4. The van der Waals surface area contributed by atoms with Crippen LogP contribution in [-0.2, 0) is 6.61 Å². The molecule has 106 valence electrons. The molecule has 0 aliphatic carbocycles. The number of hydrogen-bond acceptors (Lipinski definition) is 4. The van der Waals surface area contributed by atoms with Crippen molar-refractivity contribution in [2.75, 3.05) is 0 Å². The summed E-state index contributed by atoms with van der Waals surface area (Å²) in [7, 11) is 0. The van der Waals surface area contributed by atoms with Gasteiger partial charge in [-0.05, 0) is 24.3 Å². The monoisotopic (exact) mass is 287 g/mol. The highest BCUT2D eigenvalue weighted by Crippen LogP contribution is 2.17. The van der Waals surface area contributed by atoms with Crippen LogP contribution in [0.2, 0.25) is 0 Å². The number of hydrogen-bond donors (Lipinski definition) is 1. The van der Waals surface area contributed by atoms with Crippen molar-refractivity contribution in [2.24, 2.45) is 0 Å². The highest BCUT2D eigenvalue weighted by molar-refractivity contribution is 5.88. The molecule has 7 heteroatoms.